The Morgan fingerprint density at radius 2 is 2.23 bits per heavy atom. The van der Waals surface area contributed by atoms with Crippen molar-refractivity contribution < 1.29 is 0 Å². The van der Waals surface area contributed by atoms with Gasteiger partial charge in [0.05, 0.1) is 11.9 Å². The Morgan fingerprint density at radius 3 is 2.92 bits per heavy atom. The second-order valence-corrected chi connectivity index (χ2v) is 2.55. The fourth-order valence-electron chi connectivity index (χ4n) is 1.05. The number of aromatic amines is 1. The predicted molar refractivity (Wildman–Crippen MR) is 48.1 cm³/mol. The summed E-state index contributed by atoms with van der Waals surface area (Å²) in [5, 5.41) is 5.99. The number of nitrogens with zero attached hydrogens (tertiary/aromatic N) is 2. The summed E-state index contributed by atoms with van der Waals surface area (Å²) in [6.07, 6.45) is 3.25. The number of nitrogens with one attached hydrogen (secondary N) is 1. The van der Waals surface area contributed by atoms with Gasteiger partial charge in [0.1, 0.15) is 0 Å². The van der Waals surface area contributed by atoms with Gasteiger partial charge in [-0.3, -0.25) is 9.78 Å². The van der Waals surface area contributed by atoms with Crippen LogP contribution < -0.4 is 5.56 Å². The second kappa shape index (κ2) is 3.18. The van der Waals surface area contributed by atoms with E-state index in [1.165, 1.54) is 6.07 Å². The predicted octanol–water partition coefficient (Wildman–Crippen LogP) is 0.832. The van der Waals surface area contributed by atoms with E-state index in [-0.39, 0.29) is 5.56 Å². The zero-order chi connectivity index (χ0) is 9.10. The van der Waals surface area contributed by atoms with E-state index < -0.39 is 0 Å². The van der Waals surface area contributed by atoms with Gasteiger partial charge in [-0.05, 0) is 12.1 Å². The molecule has 0 saturated heterocycles. The van der Waals surface area contributed by atoms with Crippen molar-refractivity contribution in [2.24, 2.45) is 0 Å². The van der Waals surface area contributed by atoms with Crippen molar-refractivity contribution in [2.45, 2.75) is 0 Å². The summed E-state index contributed by atoms with van der Waals surface area (Å²) in [6, 6.07) is 6.99. The van der Waals surface area contributed by atoms with E-state index in [1.807, 2.05) is 18.2 Å². The molecule has 13 heavy (non-hydrogen) atoms. The SMILES string of the molecule is O=c1cc(-c2ccccn2)cn[nH]1. The molecule has 64 valence electrons. The third-order valence-corrected chi connectivity index (χ3v) is 1.63. The minimum atomic E-state index is -0.219. The molecule has 0 amide bonds. The number of aromatic nitrogens is 3. The van der Waals surface area contributed by atoms with E-state index in [2.05, 4.69) is 15.2 Å². The standard InChI is InChI=1S/C9H7N3O/c13-9-5-7(6-11-12-9)8-3-1-2-4-10-8/h1-6H,(H,12,13). The van der Waals surface area contributed by atoms with Crippen molar-refractivity contribution in [2.75, 3.05) is 0 Å². The lowest BCUT2D eigenvalue weighted by atomic mass is 10.2. The third-order valence-electron chi connectivity index (χ3n) is 1.63. The lowest BCUT2D eigenvalue weighted by molar-refractivity contribution is 0.989. The highest BCUT2D eigenvalue weighted by molar-refractivity contribution is 5.56. The van der Waals surface area contributed by atoms with Crippen LogP contribution in [0.4, 0.5) is 0 Å². The molecule has 0 aliphatic carbocycles. The molecule has 0 spiro atoms. The molecule has 0 aromatic carbocycles. The summed E-state index contributed by atoms with van der Waals surface area (Å²) in [6.45, 7) is 0. The van der Waals surface area contributed by atoms with Gasteiger partial charge >= 0.3 is 0 Å². The van der Waals surface area contributed by atoms with Gasteiger partial charge in [-0.2, -0.15) is 5.10 Å². The number of hydrogen-bond acceptors (Lipinski definition) is 3. The number of pyridine rings is 1. The van der Waals surface area contributed by atoms with E-state index in [9.17, 15) is 4.79 Å². The van der Waals surface area contributed by atoms with E-state index >= 15 is 0 Å². The van der Waals surface area contributed by atoms with Crippen LogP contribution in [0.15, 0.2) is 41.5 Å². The fraction of sp³-hybridized carbons (Fsp3) is 0. The molecule has 2 heterocycles. The Morgan fingerprint density at radius 1 is 1.31 bits per heavy atom. The molecule has 2 aromatic heterocycles. The average molecular weight is 173 g/mol. The maximum absolute atomic E-state index is 10.9. The van der Waals surface area contributed by atoms with Crippen LogP contribution >= 0.6 is 0 Å². The molecule has 4 heteroatoms. The first-order valence-corrected chi connectivity index (χ1v) is 3.82. The van der Waals surface area contributed by atoms with Gasteiger partial charge in [0.15, 0.2) is 0 Å². The van der Waals surface area contributed by atoms with Crippen LogP contribution in [0.25, 0.3) is 11.3 Å². The van der Waals surface area contributed by atoms with E-state index in [0.717, 1.165) is 11.3 Å². The van der Waals surface area contributed by atoms with Gasteiger partial charge in [0.25, 0.3) is 5.56 Å². The Bertz CT molecular complexity index is 450. The first-order chi connectivity index (χ1) is 6.36. The van der Waals surface area contributed by atoms with Gasteiger partial charge < -0.3 is 0 Å². The molecule has 0 bridgehead atoms. The molecule has 2 rings (SSSR count). The highest BCUT2D eigenvalue weighted by atomic mass is 16.1. The van der Waals surface area contributed by atoms with Crippen LogP contribution in [0.3, 0.4) is 0 Å². The minimum Gasteiger partial charge on any atom is -0.268 e. The Kier molecular flexibility index (Phi) is 1.88. The zero-order valence-electron chi connectivity index (χ0n) is 6.77. The summed E-state index contributed by atoms with van der Waals surface area (Å²) in [5.74, 6) is 0. The summed E-state index contributed by atoms with van der Waals surface area (Å²) < 4.78 is 0. The molecule has 0 unspecified atom stereocenters. The monoisotopic (exact) mass is 173 g/mol. The number of H-pyrrole nitrogens is 1. The summed E-state index contributed by atoms with van der Waals surface area (Å²) in [4.78, 5) is 15.0. The topological polar surface area (TPSA) is 58.6 Å². The molecule has 0 fully saturated rings. The zero-order valence-corrected chi connectivity index (χ0v) is 6.77. The van der Waals surface area contributed by atoms with Gasteiger partial charge in [0, 0.05) is 17.8 Å². The second-order valence-electron chi connectivity index (χ2n) is 2.55. The molecule has 0 aliphatic heterocycles. The maximum Gasteiger partial charge on any atom is 0.264 e. The number of hydrogen-bond donors (Lipinski definition) is 1. The van der Waals surface area contributed by atoms with Crippen molar-refractivity contribution in [1.29, 1.82) is 0 Å². The quantitative estimate of drug-likeness (QED) is 0.694. The highest BCUT2D eigenvalue weighted by Crippen LogP contribution is 2.10. The van der Waals surface area contributed by atoms with Crippen molar-refractivity contribution in [3.8, 4) is 11.3 Å². The highest BCUT2D eigenvalue weighted by Gasteiger charge is 1.97. The van der Waals surface area contributed by atoms with Gasteiger partial charge in [0.2, 0.25) is 0 Å². The first kappa shape index (κ1) is 7.67. The van der Waals surface area contributed by atoms with E-state index in [4.69, 9.17) is 0 Å². The van der Waals surface area contributed by atoms with Crippen LogP contribution in [0, 0.1) is 0 Å². The third kappa shape index (κ3) is 1.61. The van der Waals surface area contributed by atoms with Crippen molar-refractivity contribution in [1.82, 2.24) is 15.2 Å². The Balaban J connectivity index is 2.54. The lowest BCUT2D eigenvalue weighted by Gasteiger charge is -1.96. The molecule has 4 nitrogen and oxygen atoms in total. The molecule has 0 radical (unpaired) electrons. The van der Waals surface area contributed by atoms with E-state index in [1.54, 1.807) is 12.4 Å². The molecule has 0 saturated carbocycles. The normalized spacial score (nSPS) is 9.85. The van der Waals surface area contributed by atoms with Gasteiger partial charge in [-0.15, -0.1) is 0 Å². The van der Waals surface area contributed by atoms with Crippen LogP contribution in [-0.4, -0.2) is 15.2 Å². The van der Waals surface area contributed by atoms with Crippen LogP contribution in [-0.2, 0) is 0 Å². The number of rotatable bonds is 1. The molecular formula is C9H7N3O. The van der Waals surface area contributed by atoms with Crippen molar-refractivity contribution in [3.63, 3.8) is 0 Å². The maximum atomic E-state index is 10.9. The van der Waals surface area contributed by atoms with Gasteiger partial charge in [-0.1, -0.05) is 6.07 Å². The fourth-order valence-corrected chi connectivity index (χ4v) is 1.05. The van der Waals surface area contributed by atoms with Gasteiger partial charge in [-0.25, -0.2) is 5.10 Å². The van der Waals surface area contributed by atoms with Crippen LogP contribution in [0.2, 0.25) is 0 Å². The Labute approximate surface area is 74.3 Å². The van der Waals surface area contributed by atoms with Crippen molar-refractivity contribution in [3.05, 3.63) is 47.0 Å². The van der Waals surface area contributed by atoms with E-state index in [0.29, 0.717) is 0 Å². The average Bonchev–Trinajstić information content (AvgIpc) is 2.19. The molecule has 1 N–H and O–H groups in total. The van der Waals surface area contributed by atoms with Crippen LogP contribution in [0.5, 0.6) is 0 Å². The summed E-state index contributed by atoms with van der Waals surface area (Å²) in [5.41, 5.74) is 1.26. The molecule has 0 atom stereocenters. The summed E-state index contributed by atoms with van der Waals surface area (Å²) in [7, 11) is 0. The van der Waals surface area contributed by atoms with Crippen LogP contribution in [0.1, 0.15) is 0 Å². The first-order valence-electron chi connectivity index (χ1n) is 3.82. The molecule has 2 aromatic rings. The smallest absolute Gasteiger partial charge is 0.264 e. The molecule has 0 aliphatic rings. The summed E-state index contributed by atoms with van der Waals surface area (Å²) >= 11 is 0. The lowest BCUT2D eigenvalue weighted by Crippen LogP contribution is -2.05. The molecular weight excluding hydrogens is 166 g/mol. The van der Waals surface area contributed by atoms with Crippen molar-refractivity contribution >= 4 is 0 Å². The minimum absolute atomic E-state index is 0.219. The largest absolute Gasteiger partial charge is 0.268 e. The Hall–Kier alpha value is -1.97.